The van der Waals surface area contributed by atoms with Gasteiger partial charge in [0, 0.05) is 18.3 Å². The molecule has 0 radical (unpaired) electrons. The van der Waals surface area contributed by atoms with Gasteiger partial charge in [0.2, 0.25) is 0 Å². The number of hydrogen-bond acceptors (Lipinski definition) is 4. The first-order chi connectivity index (χ1) is 13.4. The minimum atomic E-state index is -4.61. The third-order valence-corrected chi connectivity index (χ3v) is 6.46. The summed E-state index contributed by atoms with van der Waals surface area (Å²) < 4.78 is 55.4. The van der Waals surface area contributed by atoms with Crippen LogP contribution in [0.2, 0.25) is 0 Å². The van der Waals surface area contributed by atoms with Gasteiger partial charge in [-0.15, -0.1) is 0 Å². The van der Waals surface area contributed by atoms with E-state index in [0.717, 1.165) is 36.0 Å². The fourth-order valence-electron chi connectivity index (χ4n) is 5.42. The largest absolute Gasteiger partial charge is 0.435 e. The molecule has 2 aromatic heterocycles. The van der Waals surface area contributed by atoms with E-state index in [4.69, 9.17) is 0 Å². The summed E-state index contributed by atoms with van der Waals surface area (Å²) in [6.45, 7) is 0. The highest BCUT2D eigenvalue weighted by molar-refractivity contribution is 5.83. The molecule has 4 atom stereocenters. The zero-order chi connectivity index (χ0) is 19.2. The normalized spacial score (nSPS) is 29.4. The molecular formula is C19H15F4N5. The van der Waals surface area contributed by atoms with Crippen LogP contribution in [0.5, 0.6) is 0 Å². The van der Waals surface area contributed by atoms with Gasteiger partial charge in [0.15, 0.2) is 5.69 Å². The van der Waals surface area contributed by atoms with Gasteiger partial charge in [0.25, 0.3) is 0 Å². The summed E-state index contributed by atoms with van der Waals surface area (Å²) in [5, 5.41) is 9.81. The van der Waals surface area contributed by atoms with Crippen molar-refractivity contribution in [1.29, 1.82) is 0 Å². The first kappa shape index (κ1) is 16.3. The smallest absolute Gasteiger partial charge is 0.302 e. The number of pyridine rings is 1. The van der Waals surface area contributed by atoms with Crippen molar-refractivity contribution in [3.05, 3.63) is 40.4 Å². The van der Waals surface area contributed by atoms with Gasteiger partial charge in [0.1, 0.15) is 11.5 Å². The Bertz CT molecular complexity index is 1070. The van der Waals surface area contributed by atoms with Crippen molar-refractivity contribution in [2.24, 2.45) is 5.10 Å². The van der Waals surface area contributed by atoms with Crippen molar-refractivity contribution in [1.82, 2.24) is 20.6 Å². The molecule has 9 heteroatoms. The number of hydrazone groups is 1. The van der Waals surface area contributed by atoms with Crippen LogP contribution in [-0.4, -0.2) is 27.4 Å². The number of hydrogen-bond donors (Lipinski definition) is 2. The lowest BCUT2D eigenvalue weighted by Gasteiger charge is -2.30. The Morgan fingerprint density at radius 2 is 1.82 bits per heavy atom. The van der Waals surface area contributed by atoms with E-state index in [1.54, 1.807) is 6.21 Å². The van der Waals surface area contributed by atoms with Gasteiger partial charge in [-0.3, -0.25) is 5.10 Å². The van der Waals surface area contributed by atoms with Crippen LogP contribution in [0.25, 0.3) is 17.1 Å². The number of halogens is 4. The molecule has 6 rings (SSSR count). The molecule has 0 saturated heterocycles. The quantitative estimate of drug-likeness (QED) is 0.718. The lowest BCUT2D eigenvalue weighted by molar-refractivity contribution is -0.140. The number of H-pyrrole nitrogens is 1. The molecule has 1 fully saturated rings. The van der Waals surface area contributed by atoms with Gasteiger partial charge in [-0.1, -0.05) is 0 Å². The maximum Gasteiger partial charge on any atom is 0.435 e. The predicted octanol–water partition coefficient (Wildman–Crippen LogP) is 4.22. The van der Waals surface area contributed by atoms with E-state index in [1.807, 2.05) is 0 Å². The molecule has 2 N–H and O–H groups in total. The second kappa shape index (κ2) is 5.21. The molecule has 3 heterocycles. The summed E-state index contributed by atoms with van der Waals surface area (Å²) in [5.74, 6) is -0.270. The molecule has 144 valence electrons. The molecule has 3 aliphatic carbocycles. The number of rotatable bonds is 1. The molecule has 1 saturated carbocycles. The van der Waals surface area contributed by atoms with Gasteiger partial charge in [-0.2, -0.15) is 23.4 Å². The highest BCUT2D eigenvalue weighted by Gasteiger charge is 2.47. The number of alkyl halides is 3. The van der Waals surface area contributed by atoms with Crippen LogP contribution in [-0.2, 0) is 6.18 Å². The third kappa shape index (κ3) is 1.99. The van der Waals surface area contributed by atoms with Crippen molar-refractivity contribution in [2.75, 3.05) is 0 Å². The van der Waals surface area contributed by atoms with Crippen LogP contribution >= 0.6 is 0 Å². The first-order valence-electron chi connectivity index (χ1n) is 9.29. The number of aromatic amines is 1. The number of nitrogens with one attached hydrogen (secondary N) is 2. The highest BCUT2D eigenvalue weighted by Crippen LogP contribution is 2.59. The molecule has 0 aromatic carbocycles. The lowest BCUT2D eigenvalue weighted by atomic mass is 9.77. The first-order valence-corrected chi connectivity index (χ1v) is 9.29. The van der Waals surface area contributed by atoms with Gasteiger partial charge in [0.05, 0.1) is 17.3 Å². The fourth-order valence-corrected chi connectivity index (χ4v) is 5.42. The molecule has 0 spiro atoms. The molecule has 4 aliphatic rings. The van der Waals surface area contributed by atoms with E-state index in [0.29, 0.717) is 0 Å². The maximum absolute atomic E-state index is 14.9. The standard InChI is InChI=1S/C19H15F4N5/c20-11-4-12-9(5-24-27-12)15-13-7-1-2-8(3-7)14(13)16(26-17(11)15)10-6-25-28-18(10)19(21,22)23/h4-9,12,27H,1-3H2,(H,25,28). The lowest BCUT2D eigenvalue weighted by Crippen LogP contribution is -2.29. The van der Waals surface area contributed by atoms with Gasteiger partial charge in [-0.25, -0.2) is 9.37 Å². The summed E-state index contributed by atoms with van der Waals surface area (Å²) in [5.41, 5.74) is 4.77. The van der Waals surface area contributed by atoms with Crippen LogP contribution in [0.4, 0.5) is 17.6 Å². The third-order valence-electron chi connectivity index (χ3n) is 6.46. The Morgan fingerprint density at radius 1 is 1.04 bits per heavy atom. The van der Waals surface area contributed by atoms with E-state index in [1.165, 1.54) is 12.3 Å². The van der Waals surface area contributed by atoms with Crippen LogP contribution in [0.3, 0.4) is 0 Å². The summed E-state index contributed by atoms with van der Waals surface area (Å²) in [7, 11) is 0. The SMILES string of the molecule is FC1=CC2NN=CC2c2c1nc(-c1c[nH]nc1C(F)(F)F)c1c2C2CCC1C2. The van der Waals surface area contributed by atoms with Gasteiger partial charge < -0.3 is 5.43 Å². The Hall–Kier alpha value is -2.71. The zero-order valence-corrected chi connectivity index (χ0v) is 14.5. The molecule has 2 bridgehead atoms. The van der Waals surface area contributed by atoms with Gasteiger partial charge >= 0.3 is 6.18 Å². The van der Waals surface area contributed by atoms with E-state index < -0.39 is 17.7 Å². The Morgan fingerprint density at radius 3 is 2.61 bits per heavy atom. The molecule has 1 aliphatic heterocycles. The fraction of sp³-hybridized carbons (Fsp3) is 0.421. The minimum absolute atomic E-state index is 0.104. The average Bonchev–Trinajstić information content (AvgIpc) is 3.42. The molecule has 2 aromatic rings. The second-order valence-electron chi connectivity index (χ2n) is 7.88. The van der Waals surface area contributed by atoms with Crippen molar-refractivity contribution in [3.8, 4) is 11.3 Å². The highest BCUT2D eigenvalue weighted by atomic mass is 19.4. The maximum atomic E-state index is 14.9. The van der Waals surface area contributed by atoms with Crippen LogP contribution < -0.4 is 5.43 Å². The topological polar surface area (TPSA) is 66.0 Å². The predicted molar refractivity (Wildman–Crippen MR) is 93.4 cm³/mol. The van der Waals surface area contributed by atoms with Crippen LogP contribution in [0.1, 0.15) is 65.1 Å². The van der Waals surface area contributed by atoms with E-state index >= 15 is 0 Å². The summed E-state index contributed by atoms with van der Waals surface area (Å²) >= 11 is 0. The number of aromatic nitrogens is 3. The number of fused-ring (bicyclic) bond motifs is 9. The monoisotopic (exact) mass is 389 g/mol. The van der Waals surface area contributed by atoms with E-state index in [9.17, 15) is 17.6 Å². The van der Waals surface area contributed by atoms with Crippen molar-refractivity contribution in [3.63, 3.8) is 0 Å². The summed E-state index contributed by atoms with van der Waals surface area (Å²) in [6.07, 6.45) is 2.54. The second-order valence-corrected chi connectivity index (χ2v) is 7.88. The van der Waals surface area contributed by atoms with E-state index in [-0.39, 0.29) is 40.7 Å². The van der Waals surface area contributed by atoms with E-state index in [2.05, 4.69) is 25.7 Å². The Labute approximate surface area is 156 Å². The molecule has 4 unspecified atom stereocenters. The molecule has 28 heavy (non-hydrogen) atoms. The minimum Gasteiger partial charge on any atom is -0.302 e. The van der Waals surface area contributed by atoms with Crippen molar-refractivity contribution < 1.29 is 17.6 Å². The Kier molecular flexibility index (Phi) is 3.03. The van der Waals surface area contributed by atoms with Crippen LogP contribution in [0, 0.1) is 0 Å². The van der Waals surface area contributed by atoms with Crippen molar-refractivity contribution >= 4 is 12.0 Å². The summed E-state index contributed by atoms with van der Waals surface area (Å²) in [4.78, 5) is 4.47. The van der Waals surface area contributed by atoms with Gasteiger partial charge in [-0.05, 0) is 53.9 Å². The summed E-state index contributed by atoms with van der Waals surface area (Å²) in [6, 6.07) is -0.275. The van der Waals surface area contributed by atoms with Crippen LogP contribution in [0.15, 0.2) is 17.4 Å². The Balaban J connectivity index is 1.67. The molecule has 5 nitrogen and oxygen atoms in total. The van der Waals surface area contributed by atoms with Crippen molar-refractivity contribution in [2.45, 2.75) is 49.2 Å². The molecule has 0 amide bonds. The average molecular weight is 389 g/mol. The molecular weight excluding hydrogens is 374 g/mol. The zero-order valence-electron chi connectivity index (χ0n) is 14.5. The number of nitrogens with zero attached hydrogens (tertiary/aromatic N) is 3.